The summed E-state index contributed by atoms with van der Waals surface area (Å²) in [6, 6.07) is 23.1. The summed E-state index contributed by atoms with van der Waals surface area (Å²) in [5.41, 5.74) is 6.45. The number of aryl methyl sites for hydroxylation is 4. The Morgan fingerprint density at radius 1 is 0.319 bits per heavy atom. The smallest absolute Gasteiger partial charge is 0.306 e. The van der Waals surface area contributed by atoms with Crippen molar-refractivity contribution in [2.24, 2.45) is 5.41 Å². The lowest BCUT2D eigenvalue weighted by atomic mass is 9.78. The lowest BCUT2D eigenvalue weighted by Gasteiger charge is -2.32. The maximum Gasteiger partial charge on any atom is 0.306 e. The largest absolute Gasteiger partial charge is 0.507 e. The summed E-state index contributed by atoms with van der Waals surface area (Å²) < 4.78 is 24.4. The fourth-order valence-electron chi connectivity index (χ4n) is 11.2. The molecule has 5 aromatic carbocycles. The minimum absolute atomic E-state index is 0.0629. The topological polar surface area (TPSA) is 228 Å². The Kier molecular flexibility index (Phi) is 24.4. The van der Waals surface area contributed by atoms with Gasteiger partial charge in [0.05, 0.1) is 0 Å². The molecule has 516 valence electrons. The molecule has 0 aliphatic carbocycles. The highest BCUT2D eigenvalue weighted by molar-refractivity contribution is 5.73. The number of carbonyl (C=O) groups excluding carboxylic acids is 4. The molecule has 0 amide bonds. The van der Waals surface area contributed by atoms with Crippen molar-refractivity contribution in [3.05, 3.63) is 140 Å². The molecule has 0 aliphatic heterocycles. The summed E-state index contributed by atoms with van der Waals surface area (Å²) >= 11 is 0. The van der Waals surface area contributed by atoms with Gasteiger partial charge >= 0.3 is 23.9 Å². The Balaban J connectivity index is 0.00000162. The molecule has 0 spiro atoms. The van der Waals surface area contributed by atoms with Crippen molar-refractivity contribution in [1.29, 1.82) is 0 Å². The number of hydrogen-bond acceptors (Lipinski definition) is 14. The number of phenols is 4. The van der Waals surface area contributed by atoms with Crippen molar-refractivity contribution in [1.82, 2.24) is 15.4 Å². The number of rotatable bonds is 20. The Bertz CT molecular complexity index is 3040. The van der Waals surface area contributed by atoms with Gasteiger partial charge < -0.3 is 39.4 Å². The maximum absolute atomic E-state index is 14.1. The second kappa shape index (κ2) is 29.7. The molecular weight excluding hydrogens is 1180 g/mol. The maximum atomic E-state index is 14.1. The van der Waals surface area contributed by atoms with E-state index in [1.807, 2.05) is 239 Å². The van der Waals surface area contributed by atoms with Crippen LogP contribution >= 0.6 is 0 Å². The number of phenolic OH excluding ortho intramolecular Hbond substituents is 4. The van der Waals surface area contributed by atoms with Gasteiger partial charge in [-0.2, -0.15) is 15.4 Å². The van der Waals surface area contributed by atoms with Crippen molar-refractivity contribution in [2.75, 3.05) is 26.4 Å². The third kappa shape index (κ3) is 21.6. The van der Waals surface area contributed by atoms with Crippen molar-refractivity contribution in [3.8, 4) is 23.0 Å². The first-order chi connectivity index (χ1) is 42.9. The highest BCUT2D eigenvalue weighted by atomic mass is 16.6. The van der Waals surface area contributed by atoms with Crippen LogP contribution in [-0.4, -0.2) is 86.1 Å². The van der Waals surface area contributed by atoms with Crippen LogP contribution in [0.3, 0.4) is 0 Å². The van der Waals surface area contributed by atoms with Crippen LogP contribution in [0.25, 0.3) is 11.0 Å². The second-order valence-electron chi connectivity index (χ2n) is 34.1. The van der Waals surface area contributed by atoms with E-state index in [0.29, 0.717) is 0 Å². The zero-order valence-corrected chi connectivity index (χ0v) is 61.4. The van der Waals surface area contributed by atoms with E-state index in [-0.39, 0.29) is 74.4 Å². The highest BCUT2D eigenvalue weighted by Gasteiger charge is 2.39. The van der Waals surface area contributed by atoms with Crippen LogP contribution in [-0.2, 0) is 107 Å². The predicted molar refractivity (Wildman–Crippen MR) is 375 cm³/mol. The minimum Gasteiger partial charge on any atom is -0.507 e. The zero-order chi connectivity index (χ0) is 71.1. The number of ether oxygens (including phenoxy) is 4. The van der Waals surface area contributed by atoms with Crippen LogP contribution in [0.5, 0.6) is 23.0 Å². The average molecular weight is 1300 g/mol. The summed E-state index contributed by atoms with van der Waals surface area (Å²) in [6.45, 7) is 46.7. The van der Waals surface area contributed by atoms with E-state index >= 15 is 0 Å². The van der Waals surface area contributed by atoms with Crippen molar-refractivity contribution in [3.63, 3.8) is 0 Å². The van der Waals surface area contributed by atoms with Gasteiger partial charge in [0.25, 0.3) is 0 Å². The number of fused-ring (bicyclic) bond motifs is 1. The molecule has 94 heavy (non-hydrogen) atoms. The number of esters is 4. The van der Waals surface area contributed by atoms with Crippen LogP contribution in [0.2, 0.25) is 0 Å². The van der Waals surface area contributed by atoms with Crippen molar-refractivity contribution >= 4 is 34.9 Å². The number of aromatic nitrogens is 3. The molecule has 5 N–H and O–H groups in total. The van der Waals surface area contributed by atoms with Gasteiger partial charge in [-0.05, 0) is 148 Å². The third-order valence-electron chi connectivity index (χ3n) is 17.0. The van der Waals surface area contributed by atoms with Crippen LogP contribution in [0, 0.1) is 5.41 Å². The highest BCUT2D eigenvalue weighted by Crippen LogP contribution is 2.44. The number of aromatic hydroxyl groups is 4. The molecule has 0 fully saturated rings. The standard InChI is InChI=1S/C73H108O12.C6H5N3/c1-65(2,3)49-33-45(34-50(61(49)78)66(4,5)6)25-29-57(74)82-41-73(42-83-58(75)30-26-46-35-51(67(7,8)9)62(79)52(36-46)68(10,11)12,43-84-59(76)31-27-47-37-53(69(13,14)15)63(80)54(38-47)70(16,17)18)44-85-60(77)32-28-48-39-55(71(19,20)21)64(81)56(40-48)72(22,23)24;1-2-4-6-5(3-1)7-9-8-6/h33-40,78-81H,25-32,41-44H2,1-24H3;1-4H,(H,7,8,9). The van der Waals surface area contributed by atoms with Gasteiger partial charge in [0.2, 0.25) is 0 Å². The number of nitrogens with zero attached hydrogens (tertiary/aromatic N) is 2. The molecule has 0 radical (unpaired) electrons. The molecule has 0 aliphatic rings. The van der Waals surface area contributed by atoms with E-state index < -0.39 is 99.0 Å². The van der Waals surface area contributed by atoms with Crippen LogP contribution in [0.1, 0.15) is 259 Å². The predicted octanol–water partition coefficient (Wildman–Crippen LogP) is 16.8. The van der Waals surface area contributed by atoms with Crippen LogP contribution in [0.4, 0.5) is 0 Å². The zero-order valence-electron chi connectivity index (χ0n) is 61.4. The molecule has 1 heterocycles. The number of aromatic amines is 1. The molecule has 0 unspecified atom stereocenters. The van der Waals surface area contributed by atoms with E-state index in [1.165, 1.54) is 0 Å². The number of hydrogen-bond donors (Lipinski definition) is 5. The van der Waals surface area contributed by atoms with E-state index in [2.05, 4.69) is 15.4 Å². The van der Waals surface area contributed by atoms with Crippen LogP contribution in [0.15, 0.2) is 72.8 Å². The fraction of sp³-hybridized carbons (Fsp3) is 0.570. The van der Waals surface area contributed by atoms with E-state index in [1.54, 1.807) is 0 Å². The molecular formula is C79H113N3O12. The molecule has 15 heteroatoms. The Morgan fingerprint density at radius 3 is 0.649 bits per heavy atom. The molecule has 0 atom stereocenters. The first-order valence-corrected chi connectivity index (χ1v) is 33.3. The van der Waals surface area contributed by atoms with Gasteiger partial charge in [-0.25, -0.2) is 0 Å². The van der Waals surface area contributed by atoms with E-state index in [9.17, 15) is 39.6 Å². The number of benzene rings is 5. The molecule has 15 nitrogen and oxygen atoms in total. The lowest BCUT2D eigenvalue weighted by molar-refractivity contribution is -0.170. The monoisotopic (exact) mass is 1300 g/mol. The normalized spacial score (nSPS) is 12.9. The third-order valence-corrected chi connectivity index (χ3v) is 17.0. The number of H-pyrrole nitrogens is 1. The number of para-hydroxylation sites is 2. The number of nitrogens with one attached hydrogen (secondary N) is 1. The Hall–Kier alpha value is -7.42. The van der Waals surface area contributed by atoms with E-state index in [0.717, 1.165) is 77.8 Å². The average Bonchev–Trinajstić information content (AvgIpc) is 0.947. The molecule has 0 saturated carbocycles. The van der Waals surface area contributed by atoms with Gasteiger partial charge in [0, 0.05) is 25.7 Å². The van der Waals surface area contributed by atoms with Gasteiger partial charge in [-0.3, -0.25) is 19.2 Å². The summed E-state index contributed by atoms with van der Waals surface area (Å²) in [4.78, 5) is 56.4. The van der Waals surface area contributed by atoms with Gasteiger partial charge in [0.15, 0.2) is 0 Å². The molecule has 0 bridgehead atoms. The van der Waals surface area contributed by atoms with Gasteiger partial charge in [-0.1, -0.05) is 227 Å². The second-order valence-corrected chi connectivity index (χ2v) is 34.1. The van der Waals surface area contributed by atoms with Crippen molar-refractivity contribution < 1.29 is 58.6 Å². The molecule has 0 saturated heterocycles. The van der Waals surface area contributed by atoms with Crippen LogP contribution < -0.4 is 0 Å². The molecule has 6 aromatic rings. The number of carbonyl (C=O) groups is 4. The van der Waals surface area contributed by atoms with Gasteiger partial charge in [0.1, 0.15) is 65.9 Å². The lowest BCUT2D eigenvalue weighted by Crippen LogP contribution is -2.44. The van der Waals surface area contributed by atoms with E-state index in [4.69, 9.17) is 18.9 Å². The summed E-state index contributed by atoms with van der Waals surface area (Å²) in [5, 5.41) is 56.0. The minimum atomic E-state index is -1.58. The summed E-state index contributed by atoms with van der Waals surface area (Å²) in [6.07, 6.45) is 0.854. The first-order valence-electron chi connectivity index (χ1n) is 33.3. The molecule has 1 aromatic heterocycles. The molecule has 6 rings (SSSR count). The Labute approximate surface area is 561 Å². The quantitative estimate of drug-likeness (QED) is 0.0354. The van der Waals surface area contributed by atoms with Gasteiger partial charge in [-0.15, -0.1) is 0 Å². The fourth-order valence-corrected chi connectivity index (χ4v) is 11.2. The Morgan fingerprint density at radius 2 is 0.489 bits per heavy atom. The first kappa shape index (κ1) is 77.3. The summed E-state index contributed by atoms with van der Waals surface area (Å²) in [7, 11) is 0. The van der Waals surface area contributed by atoms with Crippen molar-refractivity contribution in [2.45, 2.75) is 261 Å². The summed E-state index contributed by atoms with van der Waals surface area (Å²) in [5.74, 6) is -1.49. The SMILES string of the molecule is CC(C)(C)c1cc(CCC(=O)OCC(COC(=O)CCc2cc(C(C)(C)C)c(O)c(C(C)(C)C)c2)(COC(=O)CCc2cc(C(C)(C)C)c(O)c(C(C)(C)C)c2)COC(=O)CCc2cc(C(C)(C)C)c(O)c(C(C)(C)C)c2)cc(C(C)(C)C)c1O.c1ccc2n[nH]nc2c1.